The predicted molar refractivity (Wildman–Crippen MR) is 93.2 cm³/mol. The lowest BCUT2D eigenvalue weighted by Crippen LogP contribution is -2.42. The number of hydrogen-bond donors (Lipinski definition) is 1. The minimum Gasteiger partial charge on any atom is -0.307 e. The van der Waals surface area contributed by atoms with E-state index in [0.29, 0.717) is 11.6 Å². The molecule has 0 heterocycles. The third-order valence-corrected chi connectivity index (χ3v) is 4.27. The quantitative estimate of drug-likeness (QED) is 0.652. The number of benzene rings is 2. The number of urea groups is 1. The second-order valence-corrected chi connectivity index (χ2v) is 6.02. The Kier molecular flexibility index (Phi) is 4.46. The van der Waals surface area contributed by atoms with Gasteiger partial charge < -0.3 is 5.32 Å². The number of nitro benzene ring substituents is 1. The zero-order valence-electron chi connectivity index (χ0n) is 13.4. The first kappa shape index (κ1) is 16.0. The highest BCUT2D eigenvalue weighted by atomic mass is 16.6. The molecular weight excluding hydrogens is 306 g/mol. The van der Waals surface area contributed by atoms with Crippen molar-refractivity contribution in [1.82, 2.24) is 0 Å². The fraction of sp³-hybridized carbons (Fsp3) is 0.278. The molecular formula is C18H19N3O3. The molecule has 1 aliphatic rings. The maximum Gasteiger partial charge on any atom is 0.326 e. The maximum atomic E-state index is 12.8. The number of hydrogen-bond acceptors (Lipinski definition) is 3. The van der Waals surface area contributed by atoms with Crippen LogP contribution in [-0.4, -0.2) is 17.0 Å². The number of para-hydroxylation sites is 1. The minimum absolute atomic E-state index is 0.0469. The molecule has 0 aliphatic heterocycles. The first-order valence-electron chi connectivity index (χ1n) is 7.96. The number of nitrogens with zero attached hydrogens (tertiary/aromatic N) is 2. The van der Waals surface area contributed by atoms with Crippen molar-refractivity contribution in [1.29, 1.82) is 0 Å². The van der Waals surface area contributed by atoms with Crippen molar-refractivity contribution in [3.63, 3.8) is 0 Å². The van der Waals surface area contributed by atoms with Gasteiger partial charge in [0.05, 0.1) is 4.92 Å². The zero-order chi connectivity index (χ0) is 17.1. The molecule has 1 aliphatic carbocycles. The van der Waals surface area contributed by atoms with E-state index in [1.54, 1.807) is 17.0 Å². The Labute approximate surface area is 140 Å². The number of nitrogens with one attached hydrogen (secondary N) is 1. The highest BCUT2D eigenvalue weighted by Gasteiger charge is 2.35. The van der Waals surface area contributed by atoms with Gasteiger partial charge in [-0.1, -0.05) is 24.3 Å². The molecule has 2 aromatic carbocycles. The summed E-state index contributed by atoms with van der Waals surface area (Å²) in [6.45, 7) is 2.04. The summed E-state index contributed by atoms with van der Waals surface area (Å²) >= 11 is 0. The van der Waals surface area contributed by atoms with Crippen LogP contribution in [0.4, 0.5) is 21.9 Å². The van der Waals surface area contributed by atoms with Crippen LogP contribution in [0.2, 0.25) is 0 Å². The summed E-state index contributed by atoms with van der Waals surface area (Å²) in [5, 5.41) is 13.7. The molecule has 0 aromatic heterocycles. The molecule has 0 unspecified atom stereocenters. The van der Waals surface area contributed by atoms with Gasteiger partial charge in [-0.2, -0.15) is 0 Å². The average Bonchev–Trinajstić information content (AvgIpc) is 3.41. The van der Waals surface area contributed by atoms with Gasteiger partial charge in [0.25, 0.3) is 5.69 Å². The van der Waals surface area contributed by atoms with Gasteiger partial charge in [-0.3, -0.25) is 15.0 Å². The lowest BCUT2D eigenvalue weighted by atomic mass is 10.1. The molecule has 24 heavy (non-hydrogen) atoms. The summed E-state index contributed by atoms with van der Waals surface area (Å²) in [4.78, 5) is 25.0. The lowest BCUT2D eigenvalue weighted by molar-refractivity contribution is -0.384. The summed E-state index contributed by atoms with van der Waals surface area (Å²) in [5.74, 6) is 0.501. The number of rotatable bonds is 5. The van der Waals surface area contributed by atoms with Gasteiger partial charge in [-0.05, 0) is 43.9 Å². The second-order valence-electron chi connectivity index (χ2n) is 6.02. The van der Waals surface area contributed by atoms with Gasteiger partial charge in [0.2, 0.25) is 0 Å². The molecule has 0 spiro atoms. The van der Waals surface area contributed by atoms with E-state index >= 15 is 0 Å². The second kappa shape index (κ2) is 6.70. The van der Waals surface area contributed by atoms with Gasteiger partial charge in [0.15, 0.2) is 0 Å². The summed E-state index contributed by atoms with van der Waals surface area (Å²) < 4.78 is 0. The van der Waals surface area contributed by atoms with E-state index in [4.69, 9.17) is 0 Å². The summed E-state index contributed by atoms with van der Waals surface area (Å²) in [6.07, 6.45) is 2.24. The smallest absolute Gasteiger partial charge is 0.307 e. The van der Waals surface area contributed by atoms with Crippen LogP contribution in [0, 0.1) is 16.0 Å². The normalized spacial score (nSPS) is 14.7. The van der Waals surface area contributed by atoms with Crippen LogP contribution < -0.4 is 10.2 Å². The van der Waals surface area contributed by atoms with Crippen LogP contribution in [0.25, 0.3) is 0 Å². The van der Waals surface area contributed by atoms with Gasteiger partial charge in [-0.15, -0.1) is 0 Å². The van der Waals surface area contributed by atoms with Crippen molar-refractivity contribution >= 4 is 23.1 Å². The van der Waals surface area contributed by atoms with E-state index in [1.807, 2.05) is 37.3 Å². The molecule has 1 saturated carbocycles. The first-order valence-corrected chi connectivity index (χ1v) is 7.96. The van der Waals surface area contributed by atoms with E-state index in [1.165, 1.54) is 12.1 Å². The van der Waals surface area contributed by atoms with Crippen molar-refractivity contribution in [2.24, 2.45) is 5.92 Å². The number of non-ortho nitro benzene ring substituents is 1. The van der Waals surface area contributed by atoms with Gasteiger partial charge in [0.1, 0.15) is 0 Å². The van der Waals surface area contributed by atoms with Crippen LogP contribution in [-0.2, 0) is 0 Å². The molecule has 1 fully saturated rings. The van der Waals surface area contributed by atoms with Crippen molar-refractivity contribution in [3.8, 4) is 0 Å². The lowest BCUT2D eigenvalue weighted by Gasteiger charge is -2.29. The highest BCUT2D eigenvalue weighted by Crippen LogP contribution is 2.37. The Morgan fingerprint density at radius 1 is 1.21 bits per heavy atom. The molecule has 1 atom stereocenters. The highest BCUT2D eigenvalue weighted by molar-refractivity contribution is 6.02. The summed E-state index contributed by atoms with van der Waals surface area (Å²) in [6, 6.07) is 15.2. The average molecular weight is 325 g/mol. The Balaban J connectivity index is 1.83. The van der Waals surface area contributed by atoms with Crippen LogP contribution in [0.1, 0.15) is 19.8 Å². The van der Waals surface area contributed by atoms with Crippen LogP contribution >= 0.6 is 0 Å². The molecule has 2 aromatic rings. The predicted octanol–water partition coefficient (Wildman–Crippen LogP) is 4.43. The van der Waals surface area contributed by atoms with E-state index in [-0.39, 0.29) is 17.8 Å². The molecule has 0 saturated heterocycles. The zero-order valence-corrected chi connectivity index (χ0v) is 13.4. The van der Waals surface area contributed by atoms with Crippen molar-refractivity contribution in [2.75, 3.05) is 10.2 Å². The van der Waals surface area contributed by atoms with Gasteiger partial charge in [-0.25, -0.2) is 4.79 Å². The summed E-state index contributed by atoms with van der Waals surface area (Å²) in [5.41, 5.74) is 1.19. The van der Waals surface area contributed by atoms with E-state index in [9.17, 15) is 14.9 Å². The Hall–Kier alpha value is -2.89. The maximum absolute atomic E-state index is 12.8. The Morgan fingerprint density at radius 3 is 2.54 bits per heavy atom. The molecule has 1 N–H and O–H groups in total. The fourth-order valence-corrected chi connectivity index (χ4v) is 2.80. The van der Waals surface area contributed by atoms with Crippen LogP contribution in [0.15, 0.2) is 54.6 Å². The van der Waals surface area contributed by atoms with Crippen molar-refractivity contribution in [3.05, 3.63) is 64.7 Å². The fourth-order valence-electron chi connectivity index (χ4n) is 2.80. The third kappa shape index (κ3) is 3.53. The SMILES string of the molecule is C[C@H](C1CC1)N(C(=O)Nc1cccc([N+](=O)[O-])c1)c1ccccc1. The van der Waals surface area contributed by atoms with Crippen LogP contribution in [0.5, 0.6) is 0 Å². The molecule has 6 nitrogen and oxygen atoms in total. The van der Waals surface area contributed by atoms with Gasteiger partial charge >= 0.3 is 6.03 Å². The number of anilines is 2. The number of carbonyl (C=O) groups is 1. The third-order valence-electron chi connectivity index (χ3n) is 4.27. The largest absolute Gasteiger partial charge is 0.326 e. The molecule has 0 bridgehead atoms. The van der Waals surface area contributed by atoms with E-state index in [2.05, 4.69) is 5.32 Å². The number of amides is 2. The first-order chi connectivity index (χ1) is 11.6. The molecule has 2 amide bonds. The Bertz CT molecular complexity index is 744. The molecule has 6 heteroatoms. The van der Waals surface area contributed by atoms with Crippen LogP contribution in [0.3, 0.4) is 0 Å². The molecule has 124 valence electrons. The van der Waals surface area contributed by atoms with Crippen molar-refractivity contribution in [2.45, 2.75) is 25.8 Å². The number of carbonyl (C=O) groups excluding carboxylic acids is 1. The summed E-state index contributed by atoms with van der Waals surface area (Å²) in [7, 11) is 0. The van der Waals surface area contributed by atoms with Gasteiger partial charge in [0, 0.05) is 29.5 Å². The van der Waals surface area contributed by atoms with E-state index in [0.717, 1.165) is 18.5 Å². The number of nitro groups is 1. The molecule has 3 rings (SSSR count). The molecule has 0 radical (unpaired) electrons. The Morgan fingerprint density at radius 2 is 1.92 bits per heavy atom. The topological polar surface area (TPSA) is 75.5 Å². The standard InChI is InChI=1S/C18H19N3O3/c1-13(14-10-11-14)20(16-7-3-2-4-8-16)18(22)19-15-6-5-9-17(12-15)21(23)24/h2-9,12-14H,10-11H2,1H3,(H,19,22)/t13-/m1/s1. The minimum atomic E-state index is -0.475. The van der Waals surface area contributed by atoms with E-state index < -0.39 is 4.92 Å². The monoisotopic (exact) mass is 325 g/mol. The van der Waals surface area contributed by atoms with Crippen molar-refractivity contribution < 1.29 is 9.72 Å².